The van der Waals surface area contributed by atoms with E-state index >= 15 is 0 Å². The molecule has 1 aliphatic carbocycles. The van der Waals surface area contributed by atoms with Gasteiger partial charge >= 0.3 is 138 Å². The molecule has 0 bridgehead atoms. The molecule has 1 radical (unpaired) electrons. The van der Waals surface area contributed by atoms with Crippen LogP contribution in [0.2, 0.25) is 17.3 Å². The Kier molecular flexibility index (Phi) is 14.4. The first-order valence-corrected chi connectivity index (χ1v) is 32.6. The van der Waals surface area contributed by atoms with Gasteiger partial charge < -0.3 is 8.98 Å². The average molecular weight is 1170 g/mol. The van der Waals surface area contributed by atoms with Gasteiger partial charge in [-0.15, -0.1) is 18.2 Å². The Morgan fingerprint density at radius 1 is 0.761 bits per heavy atom. The van der Waals surface area contributed by atoms with Crippen LogP contribution >= 0.6 is 0 Å². The van der Waals surface area contributed by atoms with Crippen molar-refractivity contribution in [2.75, 3.05) is 0 Å². The normalized spacial score (nSPS) is 13.3. The summed E-state index contributed by atoms with van der Waals surface area (Å²) in [6, 6.07) is 50.0. The Bertz CT molecular complexity index is 3530. The number of furan rings is 1. The number of benzene rings is 5. The van der Waals surface area contributed by atoms with Crippen LogP contribution in [0.1, 0.15) is 88.5 Å². The third-order valence-electron chi connectivity index (χ3n) is 14.1. The summed E-state index contributed by atoms with van der Waals surface area (Å²) in [5.74, 6) is 9.50. The minimum atomic E-state index is -1.90. The number of hydrogen-bond acceptors (Lipinski definition) is 5. The number of pyridine rings is 3. The van der Waals surface area contributed by atoms with E-state index in [0.717, 1.165) is 96.9 Å². The summed E-state index contributed by atoms with van der Waals surface area (Å²) in [7, 11) is 0. The molecule has 0 aliphatic heterocycles. The van der Waals surface area contributed by atoms with E-state index in [1.54, 1.807) is 0 Å². The Labute approximate surface area is 436 Å². The van der Waals surface area contributed by atoms with E-state index in [0.29, 0.717) is 11.6 Å². The van der Waals surface area contributed by atoms with Gasteiger partial charge in [-0.2, -0.15) is 0 Å². The molecule has 8 heteroatoms. The summed E-state index contributed by atoms with van der Waals surface area (Å²) in [5, 5.41) is 4.42. The minimum Gasteiger partial charge on any atom is 0 e. The molecule has 0 spiro atoms. The average Bonchev–Trinajstić information content (AvgIpc) is 4.09. The van der Waals surface area contributed by atoms with E-state index < -0.39 is 13.3 Å². The molecule has 0 unspecified atom stereocenters. The summed E-state index contributed by atoms with van der Waals surface area (Å²) in [6.45, 7) is 15.5. The van der Waals surface area contributed by atoms with Gasteiger partial charge in [0.05, 0.1) is 22.4 Å². The van der Waals surface area contributed by atoms with Gasteiger partial charge in [0.1, 0.15) is 0 Å². The van der Waals surface area contributed by atoms with Crippen LogP contribution in [0.15, 0.2) is 132 Å². The van der Waals surface area contributed by atoms with Gasteiger partial charge in [0.2, 0.25) is 5.71 Å². The second-order valence-electron chi connectivity index (χ2n) is 22.1. The molecule has 5 heterocycles. The van der Waals surface area contributed by atoms with Gasteiger partial charge in [0, 0.05) is 42.3 Å². The van der Waals surface area contributed by atoms with Gasteiger partial charge in [-0.25, -0.2) is 4.98 Å². The maximum absolute atomic E-state index is 6.70. The molecule has 363 valence electrons. The molecule has 1 saturated carbocycles. The van der Waals surface area contributed by atoms with E-state index in [9.17, 15) is 0 Å². The first-order chi connectivity index (χ1) is 33.6. The molecule has 5 aromatic heterocycles. The molecular formula is C63H65GeIrN5O-2. The summed E-state index contributed by atoms with van der Waals surface area (Å²) in [4.78, 5) is 19.7. The van der Waals surface area contributed by atoms with Crippen molar-refractivity contribution in [2.24, 2.45) is 11.8 Å². The van der Waals surface area contributed by atoms with Crippen LogP contribution < -0.4 is 4.40 Å². The molecule has 0 saturated heterocycles. The number of imidazole rings is 1. The molecular weight excluding hydrogens is 1110 g/mol. The van der Waals surface area contributed by atoms with Crippen LogP contribution in [0, 0.1) is 37.8 Å². The van der Waals surface area contributed by atoms with E-state index in [1.807, 2.05) is 26.0 Å². The van der Waals surface area contributed by atoms with Crippen molar-refractivity contribution in [1.29, 1.82) is 0 Å². The number of rotatable bonds is 9. The maximum Gasteiger partial charge on any atom is 0 e. The molecule has 1 aliphatic rings. The fraction of sp³-hybridized carbons (Fsp3) is 0.302. The van der Waals surface area contributed by atoms with Crippen LogP contribution in [-0.2, 0) is 38.4 Å². The van der Waals surface area contributed by atoms with Crippen LogP contribution in [0.25, 0.3) is 83.3 Å². The summed E-state index contributed by atoms with van der Waals surface area (Å²) in [5.41, 5.74) is 15.6. The van der Waals surface area contributed by atoms with Crippen molar-refractivity contribution in [3.8, 4) is 39.5 Å². The summed E-state index contributed by atoms with van der Waals surface area (Å²) >= 11 is -1.90. The van der Waals surface area contributed by atoms with Crippen molar-refractivity contribution in [3.63, 3.8) is 0 Å². The van der Waals surface area contributed by atoms with Crippen molar-refractivity contribution in [3.05, 3.63) is 168 Å². The predicted molar refractivity (Wildman–Crippen MR) is 295 cm³/mol. The van der Waals surface area contributed by atoms with Crippen molar-refractivity contribution < 1.29 is 24.5 Å². The third-order valence-corrected chi connectivity index (χ3v) is 18.4. The van der Waals surface area contributed by atoms with Crippen molar-refractivity contribution in [1.82, 2.24) is 24.5 Å². The largest absolute Gasteiger partial charge is 0 e. The molecule has 1 fully saturated rings. The maximum atomic E-state index is 6.70. The first kappa shape index (κ1) is 50.2. The Morgan fingerprint density at radius 3 is 2.25 bits per heavy atom. The zero-order valence-corrected chi connectivity index (χ0v) is 47.5. The molecule has 5 aromatic carbocycles. The summed E-state index contributed by atoms with van der Waals surface area (Å²) in [6.07, 6.45) is 9.52. The monoisotopic (exact) mass is 1170 g/mol. The van der Waals surface area contributed by atoms with E-state index in [1.165, 1.54) is 57.7 Å². The third kappa shape index (κ3) is 10.3. The fourth-order valence-electron chi connectivity index (χ4n) is 10.6. The number of hydrogen-bond donors (Lipinski definition) is 0. The predicted octanol–water partition coefficient (Wildman–Crippen LogP) is 15.9. The van der Waals surface area contributed by atoms with Gasteiger partial charge in [0.25, 0.3) is 0 Å². The van der Waals surface area contributed by atoms with E-state index in [-0.39, 0.29) is 25.5 Å². The molecule has 11 rings (SSSR count). The number of fused-ring (bicyclic) bond motifs is 6. The van der Waals surface area contributed by atoms with Crippen LogP contribution in [0.3, 0.4) is 0 Å². The minimum absolute atomic E-state index is 0. The second kappa shape index (κ2) is 20.4. The Morgan fingerprint density at radius 2 is 1.52 bits per heavy atom. The molecule has 6 nitrogen and oxygen atoms in total. The molecule has 0 N–H and O–H groups in total. The standard InChI is InChI=1S/C44H38N3O.C19H27GeN2.Ir/c1-44(2,3)37-27-31(29-14-5-4-6-15-29)21-25-39(37)47-40-33-17-10-9-16-30(33)20-24-38(40)46-42(47)36-19-11-18-34-35-23-22-32(26-28-12-7-8-13-28)45-43(35)48-41(34)36;1-13(2)10-16-11-19(21-12-18(16)20(5,6)7)17-9-8-14(3)22-15(17)4;/h4-6,9-11,14-18,20-25,27-28H,7-8,12-13,26H2,1-3H3;8,11-13H,10H2,1-7H3;/q2*-1;. The van der Waals surface area contributed by atoms with Crippen LogP contribution in [0.4, 0.5) is 0 Å². The molecule has 0 atom stereocenters. The van der Waals surface area contributed by atoms with Crippen LogP contribution in [0.5, 0.6) is 0 Å². The Balaban J connectivity index is 0.000000229. The number of aromatic nitrogens is 5. The topological polar surface area (TPSA) is 69.6 Å². The molecule has 0 amide bonds. The fourth-order valence-corrected chi connectivity index (χ4v) is 14.0. The second-order valence-corrected chi connectivity index (χ2v) is 32.6. The van der Waals surface area contributed by atoms with E-state index in [2.05, 4.69) is 189 Å². The number of aryl methyl sites for hydroxylation is 2. The summed E-state index contributed by atoms with van der Waals surface area (Å²) < 4.78 is 10.6. The van der Waals surface area contributed by atoms with Crippen molar-refractivity contribution >= 4 is 61.5 Å². The number of nitrogens with zero attached hydrogens (tertiary/aromatic N) is 5. The molecule has 10 aromatic rings. The Hall–Kier alpha value is -5.73. The van der Waals surface area contributed by atoms with Gasteiger partial charge in [-0.1, -0.05) is 124 Å². The van der Waals surface area contributed by atoms with Crippen molar-refractivity contribution in [2.45, 2.75) is 110 Å². The SMILES string of the molecule is CC(C)(C)c1cc(-c2ccccc2)ccc1-n1c(-c2[c-]ccc3c2oc2nc(CC4CCCC4)ccc23)nc2ccc3ccccc3c21.Cc1c[c-]c(-c2cc(CC(C)C)[c]([Ge]([CH3])([CH3])[CH3])cn2)c(C)n1.[Ir]. The zero-order chi connectivity index (χ0) is 48.9. The quantitative estimate of drug-likeness (QED) is 0.106. The van der Waals surface area contributed by atoms with Gasteiger partial charge in [-0.3, -0.25) is 4.98 Å². The zero-order valence-electron chi connectivity index (χ0n) is 43.0. The van der Waals surface area contributed by atoms with Crippen LogP contribution in [-0.4, -0.2) is 37.8 Å². The first-order valence-electron chi connectivity index (χ1n) is 25.3. The van der Waals surface area contributed by atoms with Gasteiger partial charge in [-0.05, 0) is 70.2 Å². The van der Waals surface area contributed by atoms with Gasteiger partial charge in [0.15, 0.2) is 0 Å². The smallest absolute Gasteiger partial charge is 0 e. The molecule has 71 heavy (non-hydrogen) atoms. The van der Waals surface area contributed by atoms with E-state index in [4.69, 9.17) is 19.4 Å².